The molecule has 0 atom stereocenters. The van der Waals surface area contributed by atoms with Crippen LogP contribution in [-0.4, -0.2) is 7.11 Å². The van der Waals surface area contributed by atoms with Crippen LogP contribution >= 0.6 is 0 Å². The molecule has 0 unspecified atom stereocenters. The average molecular weight is 227 g/mol. The van der Waals surface area contributed by atoms with Gasteiger partial charge in [0.05, 0.1) is 12.8 Å². The van der Waals surface area contributed by atoms with Crippen LogP contribution in [0.15, 0.2) is 42.5 Å². The van der Waals surface area contributed by atoms with E-state index in [2.05, 4.69) is 5.32 Å². The third-order valence-electron chi connectivity index (χ3n) is 2.86. The summed E-state index contributed by atoms with van der Waals surface area (Å²) >= 11 is 0. The number of hydrogen-bond acceptors (Lipinski definition) is 3. The third kappa shape index (κ3) is 1.80. The summed E-state index contributed by atoms with van der Waals surface area (Å²) in [5.74, 6) is 1.72. The van der Waals surface area contributed by atoms with Crippen molar-refractivity contribution in [3.63, 3.8) is 0 Å². The van der Waals surface area contributed by atoms with Crippen LogP contribution in [0.2, 0.25) is 0 Å². The molecule has 86 valence electrons. The van der Waals surface area contributed by atoms with E-state index < -0.39 is 0 Å². The van der Waals surface area contributed by atoms with Gasteiger partial charge in [0.25, 0.3) is 0 Å². The highest BCUT2D eigenvalue weighted by molar-refractivity contribution is 5.70. The molecule has 0 bridgehead atoms. The van der Waals surface area contributed by atoms with Crippen LogP contribution in [-0.2, 0) is 6.61 Å². The molecule has 3 nitrogen and oxygen atoms in total. The predicted octanol–water partition coefficient (Wildman–Crippen LogP) is 3.33. The van der Waals surface area contributed by atoms with Crippen molar-refractivity contribution in [3.05, 3.63) is 48.0 Å². The highest BCUT2D eigenvalue weighted by Crippen LogP contribution is 2.35. The quantitative estimate of drug-likeness (QED) is 0.810. The number of hydrogen-bond donors (Lipinski definition) is 1. The summed E-state index contributed by atoms with van der Waals surface area (Å²) in [6.45, 7) is 0.573. The van der Waals surface area contributed by atoms with Crippen molar-refractivity contribution in [2.45, 2.75) is 6.61 Å². The lowest BCUT2D eigenvalue weighted by molar-refractivity contribution is 0.310. The molecule has 17 heavy (non-hydrogen) atoms. The van der Waals surface area contributed by atoms with Crippen molar-refractivity contribution < 1.29 is 9.47 Å². The average Bonchev–Trinajstić information content (AvgIpc) is 2.56. The van der Waals surface area contributed by atoms with Gasteiger partial charge in [-0.1, -0.05) is 12.1 Å². The Morgan fingerprint density at radius 2 is 2.00 bits per heavy atom. The largest absolute Gasteiger partial charge is 0.497 e. The van der Waals surface area contributed by atoms with Gasteiger partial charge in [0, 0.05) is 17.3 Å². The van der Waals surface area contributed by atoms with E-state index in [9.17, 15) is 0 Å². The smallest absolute Gasteiger partial charge is 0.143 e. The minimum absolute atomic E-state index is 0.573. The molecule has 0 radical (unpaired) electrons. The Morgan fingerprint density at radius 1 is 1.12 bits per heavy atom. The molecule has 1 N–H and O–H groups in total. The summed E-state index contributed by atoms with van der Waals surface area (Å²) < 4.78 is 11.0. The number of nitrogens with one attached hydrogen (secondary N) is 1. The first-order valence-electron chi connectivity index (χ1n) is 5.52. The fourth-order valence-corrected chi connectivity index (χ4v) is 1.92. The Hall–Kier alpha value is -2.16. The number of fused-ring (bicyclic) bond motifs is 2. The summed E-state index contributed by atoms with van der Waals surface area (Å²) in [5.41, 5.74) is 3.15. The van der Waals surface area contributed by atoms with Crippen LogP contribution < -0.4 is 14.8 Å². The first-order valence-corrected chi connectivity index (χ1v) is 5.52. The normalized spacial score (nSPS) is 12.5. The van der Waals surface area contributed by atoms with Crippen LogP contribution in [0.25, 0.3) is 0 Å². The topological polar surface area (TPSA) is 30.5 Å². The van der Waals surface area contributed by atoms with Crippen molar-refractivity contribution in [3.8, 4) is 11.5 Å². The number of methoxy groups -OCH3 is 1. The van der Waals surface area contributed by atoms with Crippen LogP contribution in [0, 0.1) is 0 Å². The van der Waals surface area contributed by atoms with Gasteiger partial charge in [-0.15, -0.1) is 0 Å². The van der Waals surface area contributed by atoms with Gasteiger partial charge in [0.15, 0.2) is 0 Å². The molecule has 2 aromatic rings. The van der Waals surface area contributed by atoms with Gasteiger partial charge >= 0.3 is 0 Å². The highest BCUT2D eigenvalue weighted by Gasteiger charge is 2.13. The maximum Gasteiger partial charge on any atom is 0.143 e. The fourth-order valence-electron chi connectivity index (χ4n) is 1.92. The van der Waals surface area contributed by atoms with Crippen molar-refractivity contribution in [1.29, 1.82) is 0 Å². The Morgan fingerprint density at radius 3 is 2.88 bits per heavy atom. The Balaban J connectivity index is 2.05. The van der Waals surface area contributed by atoms with Gasteiger partial charge in [-0.2, -0.15) is 0 Å². The molecular weight excluding hydrogens is 214 g/mol. The first kappa shape index (κ1) is 10.0. The van der Waals surface area contributed by atoms with E-state index >= 15 is 0 Å². The molecule has 1 heterocycles. The molecule has 0 spiro atoms. The van der Waals surface area contributed by atoms with E-state index in [4.69, 9.17) is 9.47 Å². The minimum Gasteiger partial charge on any atom is -0.497 e. The van der Waals surface area contributed by atoms with Gasteiger partial charge in [-0.3, -0.25) is 0 Å². The molecule has 3 rings (SSSR count). The van der Waals surface area contributed by atoms with E-state index in [0.717, 1.165) is 28.4 Å². The van der Waals surface area contributed by atoms with Crippen molar-refractivity contribution in [2.75, 3.05) is 12.4 Å². The van der Waals surface area contributed by atoms with Gasteiger partial charge in [-0.05, 0) is 24.3 Å². The van der Waals surface area contributed by atoms with Crippen LogP contribution in [0.3, 0.4) is 0 Å². The highest BCUT2D eigenvalue weighted by atomic mass is 16.5. The molecule has 0 saturated heterocycles. The van der Waals surface area contributed by atoms with E-state index in [1.54, 1.807) is 7.11 Å². The Bertz CT molecular complexity index is 552. The molecule has 0 fully saturated rings. The molecule has 0 aliphatic carbocycles. The monoisotopic (exact) mass is 227 g/mol. The van der Waals surface area contributed by atoms with Crippen LogP contribution in [0.4, 0.5) is 11.4 Å². The number of anilines is 2. The minimum atomic E-state index is 0.573. The second-order valence-electron chi connectivity index (χ2n) is 3.93. The Kier molecular flexibility index (Phi) is 2.37. The summed E-state index contributed by atoms with van der Waals surface area (Å²) in [6.07, 6.45) is 0. The molecule has 0 amide bonds. The lowest BCUT2D eigenvalue weighted by Gasteiger charge is -2.09. The summed E-state index contributed by atoms with van der Waals surface area (Å²) in [7, 11) is 1.67. The van der Waals surface area contributed by atoms with E-state index in [-0.39, 0.29) is 0 Å². The van der Waals surface area contributed by atoms with Gasteiger partial charge in [0.1, 0.15) is 18.1 Å². The number of benzene rings is 2. The second-order valence-corrected chi connectivity index (χ2v) is 3.93. The molecule has 0 saturated carbocycles. The summed E-state index contributed by atoms with van der Waals surface area (Å²) in [5, 5.41) is 3.37. The zero-order valence-electron chi connectivity index (χ0n) is 9.57. The predicted molar refractivity (Wildman–Crippen MR) is 67.1 cm³/mol. The lowest BCUT2D eigenvalue weighted by Crippen LogP contribution is -1.95. The fraction of sp³-hybridized carbons (Fsp3) is 0.143. The second kappa shape index (κ2) is 4.01. The summed E-state index contributed by atoms with van der Waals surface area (Å²) in [4.78, 5) is 0. The third-order valence-corrected chi connectivity index (χ3v) is 2.86. The maximum absolute atomic E-state index is 5.75. The zero-order chi connectivity index (χ0) is 11.7. The van der Waals surface area contributed by atoms with E-state index in [1.165, 1.54) is 0 Å². The molecule has 3 heteroatoms. The van der Waals surface area contributed by atoms with Crippen molar-refractivity contribution in [2.24, 2.45) is 0 Å². The van der Waals surface area contributed by atoms with Crippen molar-refractivity contribution >= 4 is 11.4 Å². The summed E-state index contributed by atoms with van der Waals surface area (Å²) in [6, 6.07) is 13.9. The molecular formula is C14H13NO2. The number of para-hydroxylation sites is 2. The molecule has 2 aromatic carbocycles. The van der Waals surface area contributed by atoms with Crippen molar-refractivity contribution in [1.82, 2.24) is 0 Å². The van der Waals surface area contributed by atoms with E-state index in [1.807, 2.05) is 42.5 Å². The van der Waals surface area contributed by atoms with Gasteiger partial charge in [-0.25, -0.2) is 0 Å². The van der Waals surface area contributed by atoms with Gasteiger partial charge < -0.3 is 14.8 Å². The van der Waals surface area contributed by atoms with Crippen LogP contribution in [0.1, 0.15) is 5.56 Å². The van der Waals surface area contributed by atoms with Crippen LogP contribution in [0.5, 0.6) is 11.5 Å². The molecule has 1 aliphatic heterocycles. The zero-order valence-corrected chi connectivity index (χ0v) is 9.57. The number of rotatable bonds is 1. The molecule has 1 aliphatic rings. The first-order chi connectivity index (χ1) is 8.36. The maximum atomic E-state index is 5.75. The molecule has 0 aromatic heterocycles. The standard InChI is InChI=1S/C14H13NO2/c1-16-11-7-6-10-9-17-14-5-3-2-4-12(14)15-13(10)8-11/h2-8,15H,9H2,1H3. The van der Waals surface area contributed by atoms with Gasteiger partial charge in [0.2, 0.25) is 0 Å². The number of ether oxygens (including phenoxy) is 2. The lowest BCUT2D eigenvalue weighted by atomic mass is 10.1. The Labute approximate surface area is 100.0 Å². The van der Waals surface area contributed by atoms with E-state index in [0.29, 0.717) is 6.61 Å². The SMILES string of the molecule is COc1ccc2c(c1)Nc1ccccc1OC2.